The molecular weight excluding hydrogens is 328 g/mol. The molecule has 0 aliphatic carbocycles. The monoisotopic (exact) mass is 348 g/mol. The Balaban J connectivity index is 3.12. The van der Waals surface area contributed by atoms with Gasteiger partial charge in [0.25, 0.3) is 0 Å². The fraction of sp³-hybridized carbons (Fsp3) is 0.500. The van der Waals surface area contributed by atoms with Gasteiger partial charge in [0.2, 0.25) is 0 Å². The number of benzene rings is 1. The molecule has 0 saturated carbocycles. The Morgan fingerprint density at radius 3 is 2.55 bits per heavy atom. The van der Waals surface area contributed by atoms with Crippen LogP contribution >= 0.6 is 11.6 Å². The summed E-state index contributed by atoms with van der Waals surface area (Å²) < 4.78 is 27.7. The lowest BCUT2D eigenvalue weighted by molar-refractivity contribution is 0.180. The first-order valence-corrected chi connectivity index (χ1v) is 9.05. The van der Waals surface area contributed by atoms with E-state index >= 15 is 0 Å². The molecule has 2 amide bonds. The molecule has 0 aliphatic rings. The normalized spacial score (nSPS) is 11.4. The molecule has 1 aromatic rings. The first kappa shape index (κ1) is 18.6. The maximum atomic E-state index is 12.1. The highest BCUT2D eigenvalue weighted by molar-refractivity contribution is 7.86. The van der Waals surface area contributed by atoms with E-state index < -0.39 is 10.1 Å². The molecule has 0 aliphatic heterocycles. The second-order valence-electron chi connectivity index (χ2n) is 5.10. The lowest BCUT2D eigenvalue weighted by atomic mass is 10.1. The number of hydrogen-bond acceptors (Lipinski definition) is 4. The molecule has 0 spiro atoms. The van der Waals surface area contributed by atoms with Gasteiger partial charge in [-0.15, -0.1) is 0 Å². The molecule has 1 rings (SSSR count). The minimum absolute atomic E-state index is 0.0726. The van der Waals surface area contributed by atoms with Crippen LogP contribution in [0.5, 0.6) is 5.75 Å². The molecular formula is C14H21ClN2O4S. The molecule has 124 valence electrons. The van der Waals surface area contributed by atoms with Gasteiger partial charge in [0.15, 0.2) is 0 Å². The number of amides is 2. The molecule has 0 fully saturated rings. The zero-order valence-corrected chi connectivity index (χ0v) is 14.7. The Hall–Kier alpha value is -1.47. The van der Waals surface area contributed by atoms with Crippen LogP contribution < -0.4 is 9.50 Å². The highest BCUT2D eigenvalue weighted by atomic mass is 35.5. The summed E-state index contributed by atoms with van der Waals surface area (Å²) in [5.41, 5.74) is 0.526. The Bertz CT molecular complexity index is 632. The molecule has 0 radical (unpaired) electrons. The SMILES string of the molecule is CCNC(=O)N(Cc1cc(Cl)ccc1OS(C)(=O)=O)C(C)C. The van der Waals surface area contributed by atoms with E-state index in [0.29, 0.717) is 17.1 Å². The maximum absolute atomic E-state index is 12.1. The van der Waals surface area contributed by atoms with E-state index in [1.54, 1.807) is 11.0 Å². The fourth-order valence-electron chi connectivity index (χ4n) is 1.84. The molecule has 1 N–H and O–H groups in total. The topological polar surface area (TPSA) is 75.7 Å². The van der Waals surface area contributed by atoms with Crippen LogP contribution in [0.3, 0.4) is 0 Å². The summed E-state index contributed by atoms with van der Waals surface area (Å²) in [6.07, 6.45) is 0.968. The van der Waals surface area contributed by atoms with E-state index in [1.807, 2.05) is 20.8 Å². The molecule has 6 nitrogen and oxygen atoms in total. The number of hydrogen-bond donors (Lipinski definition) is 1. The number of urea groups is 1. The average Bonchev–Trinajstić information content (AvgIpc) is 2.37. The van der Waals surface area contributed by atoms with Gasteiger partial charge in [-0.2, -0.15) is 8.42 Å². The fourth-order valence-corrected chi connectivity index (χ4v) is 2.52. The van der Waals surface area contributed by atoms with Crippen molar-refractivity contribution in [3.05, 3.63) is 28.8 Å². The van der Waals surface area contributed by atoms with Gasteiger partial charge >= 0.3 is 16.1 Å². The Morgan fingerprint density at radius 2 is 2.05 bits per heavy atom. The van der Waals surface area contributed by atoms with E-state index in [9.17, 15) is 13.2 Å². The predicted molar refractivity (Wildman–Crippen MR) is 86.7 cm³/mol. The largest absolute Gasteiger partial charge is 0.382 e. The number of carbonyl (C=O) groups is 1. The second kappa shape index (κ2) is 7.69. The number of nitrogens with one attached hydrogen (secondary N) is 1. The third-order valence-corrected chi connectivity index (χ3v) is 3.53. The zero-order valence-electron chi connectivity index (χ0n) is 13.1. The summed E-state index contributed by atoms with van der Waals surface area (Å²) in [7, 11) is -3.66. The van der Waals surface area contributed by atoms with Crippen LogP contribution in [0.1, 0.15) is 26.3 Å². The van der Waals surface area contributed by atoms with Crippen molar-refractivity contribution < 1.29 is 17.4 Å². The van der Waals surface area contributed by atoms with E-state index in [4.69, 9.17) is 15.8 Å². The maximum Gasteiger partial charge on any atom is 0.317 e. The molecule has 0 aromatic heterocycles. The van der Waals surface area contributed by atoms with Gasteiger partial charge in [0, 0.05) is 23.2 Å². The third kappa shape index (κ3) is 5.73. The van der Waals surface area contributed by atoms with Gasteiger partial charge in [-0.3, -0.25) is 0 Å². The van der Waals surface area contributed by atoms with Gasteiger partial charge in [0.1, 0.15) is 5.75 Å². The molecule has 0 saturated heterocycles. The van der Waals surface area contributed by atoms with E-state index in [-0.39, 0.29) is 24.4 Å². The summed E-state index contributed by atoms with van der Waals surface area (Å²) in [4.78, 5) is 13.7. The summed E-state index contributed by atoms with van der Waals surface area (Å²) in [5, 5.41) is 3.16. The van der Waals surface area contributed by atoms with Crippen molar-refractivity contribution in [1.82, 2.24) is 10.2 Å². The van der Waals surface area contributed by atoms with Crippen molar-refractivity contribution in [1.29, 1.82) is 0 Å². The van der Waals surface area contributed by atoms with E-state index in [0.717, 1.165) is 6.26 Å². The highest BCUT2D eigenvalue weighted by Crippen LogP contribution is 2.26. The van der Waals surface area contributed by atoms with Crippen LogP contribution in [0.15, 0.2) is 18.2 Å². The van der Waals surface area contributed by atoms with Gasteiger partial charge in [0.05, 0.1) is 12.8 Å². The first-order chi connectivity index (χ1) is 10.1. The van der Waals surface area contributed by atoms with Crippen LogP contribution in [-0.4, -0.2) is 38.2 Å². The number of rotatable bonds is 6. The van der Waals surface area contributed by atoms with Crippen molar-refractivity contribution in [2.75, 3.05) is 12.8 Å². The number of carbonyl (C=O) groups excluding carboxylic acids is 1. The van der Waals surface area contributed by atoms with Crippen molar-refractivity contribution in [3.63, 3.8) is 0 Å². The number of halogens is 1. The summed E-state index contributed by atoms with van der Waals surface area (Å²) in [5.74, 6) is 0.168. The average molecular weight is 349 g/mol. The first-order valence-electron chi connectivity index (χ1n) is 6.86. The Labute approximate surface area is 136 Å². The van der Waals surface area contributed by atoms with Crippen LogP contribution in [0.2, 0.25) is 5.02 Å². The molecule has 0 atom stereocenters. The summed E-state index contributed by atoms with van der Waals surface area (Å²) >= 11 is 5.97. The van der Waals surface area contributed by atoms with Crippen LogP contribution in [0, 0.1) is 0 Å². The van der Waals surface area contributed by atoms with Crippen molar-refractivity contribution in [2.45, 2.75) is 33.4 Å². The van der Waals surface area contributed by atoms with Crippen LogP contribution in [0.25, 0.3) is 0 Å². The molecule has 1 aromatic carbocycles. The quantitative estimate of drug-likeness (QED) is 0.802. The van der Waals surface area contributed by atoms with Gasteiger partial charge < -0.3 is 14.4 Å². The molecule has 8 heteroatoms. The zero-order chi connectivity index (χ0) is 16.9. The standard InChI is InChI=1S/C14H21ClN2O4S/c1-5-16-14(18)17(10(2)3)9-11-8-12(15)6-7-13(11)21-22(4,19)20/h6-8,10H,5,9H2,1-4H3,(H,16,18). The predicted octanol–water partition coefficient (Wildman–Crippen LogP) is 2.62. The number of nitrogens with zero attached hydrogens (tertiary/aromatic N) is 1. The molecule has 0 heterocycles. The van der Waals surface area contributed by atoms with Gasteiger partial charge in [-0.25, -0.2) is 4.79 Å². The Morgan fingerprint density at radius 1 is 1.41 bits per heavy atom. The highest BCUT2D eigenvalue weighted by Gasteiger charge is 2.20. The molecule has 0 unspecified atom stereocenters. The second-order valence-corrected chi connectivity index (χ2v) is 7.11. The van der Waals surface area contributed by atoms with Crippen molar-refractivity contribution >= 4 is 27.8 Å². The van der Waals surface area contributed by atoms with Crippen molar-refractivity contribution in [2.24, 2.45) is 0 Å². The third-order valence-electron chi connectivity index (χ3n) is 2.82. The van der Waals surface area contributed by atoms with E-state index in [1.165, 1.54) is 12.1 Å². The lowest BCUT2D eigenvalue weighted by Gasteiger charge is -2.27. The Kier molecular flexibility index (Phi) is 6.49. The van der Waals surface area contributed by atoms with Crippen LogP contribution in [0.4, 0.5) is 4.79 Å². The van der Waals surface area contributed by atoms with Gasteiger partial charge in [-0.1, -0.05) is 11.6 Å². The van der Waals surface area contributed by atoms with Crippen LogP contribution in [-0.2, 0) is 16.7 Å². The lowest BCUT2D eigenvalue weighted by Crippen LogP contribution is -2.43. The molecule has 0 bridgehead atoms. The van der Waals surface area contributed by atoms with Crippen molar-refractivity contribution in [3.8, 4) is 5.75 Å². The smallest absolute Gasteiger partial charge is 0.317 e. The minimum Gasteiger partial charge on any atom is -0.382 e. The van der Waals surface area contributed by atoms with Gasteiger partial charge in [-0.05, 0) is 39.0 Å². The summed E-state index contributed by atoms with van der Waals surface area (Å²) in [6.45, 7) is 6.26. The summed E-state index contributed by atoms with van der Waals surface area (Å²) in [6, 6.07) is 4.31. The molecule has 22 heavy (non-hydrogen) atoms. The minimum atomic E-state index is -3.66. The van der Waals surface area contributed by atoms with E-state index in [2.05, 4.69) is 5.32 Å².